The molecule has 1 fully saturated rings. The number of morpholine rings is 1. The minimum Gasteiger partial charge on any atom is -0.379 e. The van der Waals surface area contributed by atoms with E-state index < -0.39 is 0 Å². The van der Waals surface area contributed by atoms with Crippen LogP contribution in [0, 0.1) is 0 Å². The van der Waals surface area contributed by atoms with Crippen molar-refractivity contribution in [1.82, 2.24) is 4.90 Å². The van der Waals surface area contributed by atoms with Gasteiger partial charge in [-0.25, -0.2) is 0 Å². The van der Waals surface area contributed by atoms with Gasteiger partial charge in [-0.2, -0.15) is 0 Å². The number of alkyl halides is 1. The number of halogens is 1. The highest BCUT2D eigenvalue weighted by Gasteiger charge is 2.28. The molecule has 110 valence electrons. The largest absolute Gasteiger partial charge is 0.379 e. The zero-order valence-corrected chi connectivity index (χ0v) is 12.5. The van der Waals surface area contributed by atoms with Crippen molar-refractivity contribution in [3.8, 4) is 0 Å². The fourth-order valence-corrected chi connectivity index (χ4v) is 2.79. The molecule has 0 amide bonds. The zero-order valence-electron chi connectivity index (χ0n) is 11.8. The van der Waals surface area contributed by atoms with E-state index in [9.17, 15) is 4.79 Å². The van der Waals surface area contributed by atoms with Gasteiger partial charge in [0, 0.05) is 25.4 Å². The highest BCUT2D eigenvalue weighted by molar-refractivity contribution is 6.17. The van der Waals surface area contributed by atoms with E-state index in [0.717, 1.165) is 31.5 Å². The van der Waals surface area contributed by atoms with Crippen LogP contribution in [0.3, 0.4) is 0 Å². The van der Waals surface area contributed by atoms with Crippen LogP contribution >= 0.6 is 11.6 Å². The zero-order chi connectivity index (χ0) is 14.2. The fourth-order valence-electron chi connectivity index (χ4n) is 2.60. The molecule has 1 aliphatic heterocycles. The summed E-state index contributed by atoms with van der Waals surface area (Å²) in [5.74, 6) is 0.920. The second-order valence-corrected chi connectivity index (χ2v) is 5.45. The molecule has 20 heavy (non-hydrogen) atoms. The molecule has 1 aromatic rings. The van der Waals surface area contributed by atoms with E-state index in [1.54, 1.807) is 0 Å². The van der Waals surface area contributed by atoms with Crippen LogP contribution in [0.25, 0.3) is 0 Å². The molecule has 1 atom stereocenters. The normalized spacial score (nSPS) is 17.9. The number of Topliss-reactive ketones (excluding diaryl/α,β-unsaturated/α-hetero) is 1. The van der Waals surface area contributed by atoms with Crippen LogP contribution < -0.4 is 0 Å². The van der Waals surface area contributed by atoms with E-state index in [1.807, 2.05) is 30.3 Å². The van der Waals surface area contributed by atoms with Gasteiger partial charge >= 0.3 is 0 Å². The van der Waals surface area contributed by atoms with Crippen molar-refractivity contribution in [2.24, 2.45) is 0 Å². The Bertz CT molecular complexity index is 404. The van der Waals surface area contributed by atoms with Gasteiger partial charge in [0.25, 0.3) is 0 Å². The first kappa shape index (κ1) is 15.5. The summed E-state index contributed by atoms with van der Waals surface area (Å²) in [5, 5.41) is 0. The molecule has 0 aliphatic carbocycles. The summed E-state index contributed by atoms with van der Waals surface area (Å²) in [4.78, 5) is 14.8. The molecule has 0 spiro atoms. The molecular formula is C16H22ClNO2. The summed E-state index contributed by atoms with van der Waals surface area (Å²) in [6.45, 7) is 3.05. The lowest BCUT2D eigenvalue weighted by Gasteiger charge is -2.33. The number of unbranched alkanes of at least 4 members (excludes halogenated alkanes) is 1. The molecule has 3 nitrogen and oxygen atoms in total. The van der Waals surface area contributed by atoms with Crippen molar-refractivity contribution in [2.45, 2.75) is 25.3 Å². The number of rotatable bonds is 7. The first-order valence-electron chi connectivity index (χ1n) is 7.28. The maximum atomic E-state index is 12.6. The van der Waals surface area contributed by atoms with E-state index in [-0.39, 0.29) is 6.04 Å². The Hall–Kier alpha value is -0.900. The maximum absolute atomic E-state index is 12.6. The van der Waals surface area contributed by atoms with Crippen molar-refractivity contribution >= 4 is 17.4 Å². The Labute approximate surface area is 125 Å². The van der Waals surface area contributed by atoms with Crippen molar-refractivity contribution < 1.29 is 9.53 Å². The molecule has 2 rings (SSSR count). The number of carbonyl (C=O) groups is 1. The summed E-state index contributed by atoms with van der Waals surface area (Å²) in [6.07, 6.45) is 2.37. The minimum absolute atomic E-state index is 0.129. The van der Waals surface area contributed by atoms with E-state index in [0.29, 0.717) is 31.3 Å². The van der Waals surface area contributed by atoms with Gasteiger partial charge in [0.2, 0.25) is 0 Å². The van der Waals surface area contributed by atoms with Crippen molar-refractivity contribution in [1.29, 1.82) is 0 Å². The molecule has 0 bridgehead atoms. The Kier molecular flexibility index (Phi) is 6.51. The Morgan fingerprint density at radius 1 is 1.20 bits per heavy atom. The lowest BCUT2D eigenvalue weighted by Crippen LogP contribution is -2.42. The van der Waals surface area contributed by atoms with Gasteiger partial charge in [0.15, 0.2) is 5.78 Å². The third kappa shape index (κ3) is 4.30. The van der Waals surface area contributed by atoms with Gasteiger partial charge in [-0.15, -0.1) is 11.6 Å². The molecule has 1 aliphatic rings. The topological polar surface area (TPSA) is 29.5 Å². The molecule has 0 aromatic heterocycles. The fraction of sp³-hybridized carbons (Fsp3) is 0.562. The summed E-state index contributed by atoms with van der Waals surface area (Å²) < 4.78 is 5.39. The smallest absolute Gasteiger partial charge is 0.154 e. The van der Waals surface area contributed by atoms with Crippen molar-refractivity contribution in [3.05, 3.63) is 35.9 Å². The third-order valence-electron chi connectivity index (χ3n) is 3.64. The monoisotopic (exact) mass is 295 g/mol. The lowest BCUT2D eigenvalue weighted by molar-refractivity contribution is -0.126. The van der Waals surface area contributed by atoms with Crippen molar-refractivity contribution in [2.75, 3.05) is 32.2 Å². The van der Waals surface area contributed by atoms with Crippen molar-refractivity contribution in [3.63, 3.8) is 0 Å². The van der Waals surface area contributed by atoms with E-state index in [1.165, 1.54) is 0 Å². The molecule has 0 N–H and O–H groups in total. The van der Waals surface area contributed by atoms with Crippen LogP contribution in [0.5, 0.6) is 0 Å². The molecule has 1 saturated heterocycles. The van der Waals surface area contributed by atoms with Crippen LogP contribution in [0.15, 0.2) is 30.3 Å². The lowest BCUT2D eigenvalue weighted by atomic mass is 9.97. The van der Waals surface area contributed by atoms with Crippen LogP contribution in [-0.4, -0.2) is 42.9 Å². The molecule has 0 radical (unpaired) electrons. The van der Waals surface area contributed by atoms with Gasteiger partial charge in [-0.1, -0.05) is 30.3 Å². The number of ketones is 1. The standard InChI is InChI=1S/C16H22ClNO2/c17-9-5-4-8-15(19)16(14-6-2-1-3-7-14)18-10-12-20-13-11-18/h1-3,6-7,16H,4-5,8-13H2. The average molecular weight is 296 g/mol. The number of nitrogens with zero attached hydrogens (tertiary/aromatic N) is 1. The first-order chi connectivity index (χ1) is 9.83. The number of ether oxygens (including phenoxy) is 1. The second-order valence-electron chi connectivity index (χ2n) is 5.07. The highest BCUT2D eigenvalue weighted by Crippen LogP contribution is 2.24. The summed E-state index contributed by atoms with van der Waals surface area (Å²) in [5.41, 5.74) is 1.09. The molecule has 1 heterocycles. The quantitative estimate of drug-likeness (QED) is 0.572. The highest BCUT2D eigenvalue weighted by atomic mass is 35.5. The Balaban J connectivity index is 2.09. The summed E-state index contributed by atoms with van der Waals surface area (Å²) in [7, 11) is 0. The van der Waals surface area contributed by atoms with Gasteiger partial charge in [0.1, 0.15) is 0 Å². The summed E-state index contributed by atoms with van der Waals surface area (Å²) in [6, 6.07) is 9.93. The molecule has 1 aromatic carbocycles. The first-order valence-corrected chi connectivity index (χ1v) is 7.82. The van der Waals surface area contributed by atoms with Gasteiger partial charge < -0.3 is 4.74 Å². The SMILES string of the molecule is O=C(CCCCCl)C(c1ccccc1)N1CCOCC1. The van der Waals surface area contributed by atoms with Gasteiger partial charge in [0.05, 0.1) is 19.3 Å². The van der Waals surface area contributed by atoms with Gasteiger partial charge in [-0.3, -0.25) is 9.69 Å². The Morgan fingerprint density at radius 2 is 1.90 bits per heavy atom. The van der Waals surface area contributed by atoms with E-state index >= 15 is 0 Å². The van der Waals surface area contributed by atoms with Gasteiger partial charge in [-0.05, 0) is 18.4 Å². The number of hydrogen-bond donors (Lipinski definition) is 0. The van der Waals surface area contributed by atoms with Crippen LogP contribution in [-0.2, 0) is 9.53 Å². The minimum atomic E-state index is -0.129. The van der Waals surface area contributed by atoms with E-state index in [4.69, 9.17) is 16.3 Å². The predicted octanol–water partition coefficient (Wildman–Crippen LogP) is 3.04. The van der Waals surface area contributed by atoms with Crippen LogP contribution in [0.4, 0.5) is 0 Å². The summed E-state index contributed by atoms with van der Waals surface area (Å²) >= 11 is 5.69. The van der Waals surface area contributed by atoms with Crippen LogP contribution in [0.1, 0.15) is 30.9 Å². The molecule has 0 saturated carbocycles. The molecular weight excluding hydrogens is 274 g/mol. The van der Waals surface area contributed by atoms with E-state index in [2.05, 4.69) is 4.90 Å². The third-order valence-corrected chi connectivity index (χ3v) is 3.91. The number of carbonyl (C=O) groups excluding carboxylic acids is 1. The number of benzene rings is 1. The van der Waals surface area contributed by atoms with Crippen LogP contribution in [0.2, 0.25) is 0 Å². The number of hydrogen-bond acceptors (Lipinski definition) is 3. The molecule has 4 heteroatoms. The second kappa shape index (κ2) is 8.40. The maximum Gasteiger partial charge on any atom is 0.154 e. The Morgan fingerprint density at radius 3 is 2.55 bits per heavy atom. The predicted molar refractivity (Wildman–Crippen MR) is 81.2 cm³/mol. The molecule has 1 unspecified atom stereocenters. The average Bonchev–Trinajstić information content (AvgIpc) is 2.50.